The van der Waals surface area contributed by atoms with Crippen LogP contribution in [-0.2, 0) is 10.0 Å². The van der Waals surface area contributed by atoms with Gasteiger partial charge in [0, 0.05) is 50.1 Å². The fourth-order valence-electron chi connectivity index (χ4n) is 5.62. The Bertz CT molecular complexity index is 2040. The highest BCUT2D eigenvalue weighted by Crippen LogP contribution is 2.42. The van der Waals surface area contributed by atoms with E-state index in [1.54, 1.807) is 17.0 Å². The lowest BCUT2D eigenvalue weighted by molar-refractivity contribution is 0.0707. The SMILES string of the molecule is CNC(=O)c1c(-c2ccc(F)cc2)oc2cc(N(C)S(C)(=O)=O)c([C@@H]3CCCN(C(=O)c4nc5ccc(F)cc5s4)C3)cc12. The molecule has 5 aromatic rings. The van der Waals surface area contributed by atoms with Gasteiger partial charge < -0.3 is 14.6 Å². The quantitative estimate of drug-likeness (QED) is 0.253. The van der Waals surface area contributed by atoms with E-state index < -0.39 is 27.6 Å². The molecule has 3 aromatic carbocycles. The summed E-state index contributed by atoms with van der Waals surface area (Å²) in [5.41, 5.74) is 2.51. The molecule has 0 unspecified atom stereocenters. The Kier molecular flexibility index (Phi) is 7.62. The van der Waals surface area contributed by atoms with E-state index in [2.05, 4.69) is 10.3 Å². The molecule has 228 valence electrons. The van der Waals surface area contributed by atoms with E-state index in [4.69, 9.17) is 4.42 Å². The number of benzene rings is 3. The molecule has 6 rings (SSSR count). The van der Waals surface area contributed by atoms with Crippen LogP contribution in [0, 0.1) is 11.6 Å². The first-order valence-corrected chi connectivity index (χ1v) is 16.5. The lowest BCUT2D eigenvalue weighted by Crippen LogP contribution is -2.39. The van der Waals surface area contributed by atoms with Gasteiger partial charge in [-0.1, -0.05) is 0 Å². The Morgan fingerprint density at radius 3 is 2.52 bits per heavy atom. The van der Waals surface area contributed by atoms with Crippen LogP contribution in [0.2, 0.25) is 0 Å². The van der Waals surface area contributed by atoms with Gasteiger partial charge in [0.05, 0.1) is 27.7 Å². The lowest BCUT2D eigenvalue weighted by atomic mass is 9.88. The fraction of sp³-hybridized carbons (Fsp3) is 0.258. The van der Waals surface area contributed by atoms with Gasteiger partial charge >= 0.3 is 0 Å². The van der Waals surface area contributed by atoms with E-state index in [-0.39, 0.29) is 40.3 Å². The zero-order chi connectivity index (χ0) is 31.3. The Hall–Kier alpha value is -4.36. The number of furan rings is 1. The third-order valence-corrected chi connectivity index (χ3v) is 10.1. The number of rotatable bonds is 6. The normalized spacial score (nSPS) is 15.6. The van der Waals surface area contributed by atoms with Crippen LogP contribution in [0.4, 0.5) is 14.5 Å². The number of nitrogens with one attached hydrogen (secondary N) is 1. The van der Waals surface area contributed by atoms with Crippen LogP contribution >= 0.6 is 11.3 Å². The van der Waals surface area contributed by atoms with Crippen LogP contribution in [0.3, 0.4) is 0 Å². The number of fused-ring (bicyclic) bond motifs is 2. The largest absolute Gasteiger partial charge is 0.455 e. The van der Waals surface area contributed by atoms with Crippen LogP contribution in [0.1, 0.15) is 44.5 Å². The molecule has 1 aliphatic rings. The van der Waals surface area contributed by atoms with Crippen LogP contribution in [0.15, 0.2) is 59.0 Å². The molecular formula is C31H28F2N4O5S2. The van der Waals surface area contributed by atoms with Gasteiger partial charge in [0.1, 0.15) is 23.0 Å². The minimum absolute atomic E-state index is 0.220. The molecule has 1 saturated heterocycles. The second-order valence-corrected chi connectivity index (χ2v) is 13.8. The molecule has 9 nitrogen and oxygen atoms in total. The number of sulfonamides is 1. The molecule has 0 saturated carbocycles. The molecule has 1 atom stereocenters. The Balaban J connectivity index is 1.45. The zero-order valence-electron chi connectivity index (χ0n) is 24.1. The first-order chi connectivity index (χ1) is 20.9. The third-order valence-electron chi connectivity index (χ3n) is 7.92. The average molecular weight is 639 g/mol. The van der Waals surface area contributed by atoms with Crippen molar-refractivity contribution in [2.45, 2.75) is 18.8 Å². The summed E-state index contributed by atoms with van der Waals surface area (Å²) in [6.07, 6.45) is 2.39. The molecule has 0 bridgehead atoms. The molecule has 2 aromatic heterocycles. The van der Waals surface area contributed by atoms with Gasteiger partial charge in [-0.15, -0.1) is 11.3 Å². The van der Waals surface area contributed by atoms with Crippen molar-refractivity contribution in [2.75, 3.05) is 37.7 Å². The van der Waals surface area contributed by atoms with E-state index in [0.717, 1.165) is 21.9 Å². The molecular weight excluding hydrogens is 610 g/mol. The highest BCUT2D eigenvalue weighted by atomic mass is 32.2. The van der Waals surface area contributed by atoms with E-state index in [1.165, 1.54) is 56.6 Å². The first-order valence-electron chi connectivity index (χ1n) is 13.8. The Morgan fingerprint density at radius 2 is 1.82 bits per heavy atom. The number of anilines is 1. The number of carbonyl (C=O) groups excluding carboxylic acids is 2. The molecule has 44 heavy (non-hydrogen) atoms. The molecule has 2 amide bonds. The topological polar surface area (TPSA) is 113 Å². The molecule has 1 fully saturated rings. The van der Waals surface area contributed by atoms with Crippen LogP contribution < -0.4 is 9.62 Å². The predicted molar refractivity (Wildman–Crippen MR) is 166 cm³/mol. The maximum atomic E-state index is 13.7. The smallest absolute Gasteiger partial charge is 0.282 e. The number of amides is 2. The number of likely N-dealkylation sites (tertiary alicyclic amines) is 1. The average Bonchev–Trinajstić information content (AvgIpc) is 3.60. The third kappa shape index (κ3) is 5.41. The van der Waals surface area contributed by atoms with Gasteiger partial charge in [0.15, 0.2) is 5.01 Å². The molecule has 13 heteroatoms. The molecule has 0 radical (unpaired) electrons. The molecule has 1 aliphatic heterocycles. The number of hydrogen-bond donors (Lipinski definition) is 1. The number of halogens is 2. The summed E-state index contributed by atoms with van der Waals surface area (Å²) in [5, 5.41) is 3.34. The Morgan fingerprint density at radius 1 is 1.09 bits per heavy atom. The predicted octanol–water partition coefficient (Wildman–Crippen LogP) is 5.76. The lowest BCUT2D eigenvalue weighted by Gasteiger charge is -2.34. The van der Waals surface area contributed by atoms with Crippen molar-refractivity contribution in [3.8, 4) is 11.3 Å². The van der Waals surface area contributed by atoms with Crippen LogP contribution in [0.25, 0.3) is 32.5 Å². The fourth-order valence-corrected chi connectivity index (χ4v) is 7.10. The zero-order valence-corrected chi connectivity index (χ0v) is 25.7. The summed E-state index contributed by atoms with van der Waals surface area (Å²) in [6, 6.07) is 13.1. The van der Waals surface area contributed by atoms with Crippen molar-refractivity contribution >= 4 is 60.0 Å². The van der Waals surface area contributed by atoms with Crippen molar-refractivity contribution in [1.29, 1.82) is 0 Å². The van der Waals surface area contributed by atoms with Crippen molar-refractivity contribution in [1.82, 2.24) is 15.2 Å². The van der Waals surface area contributed by atoms with E-state index >= 15 is 0 Å². The molecule has 0 aliphatic carbocycles. The molecule has 1 N–H and O–H groups in total. The van der Waals surface area contributed by atoms with Gasteiger partial charge in [-0.25, -0.2) is 22.2 Å². The molecule has 3 heterocycles. The second kappa shape index (κ2) is 11.3. The summed E-state index contributed by atoms with van der Waals surface area (Å²) in [5.74, 6) is -1.63. The van der Waals surface area contributed by atoms with Gasteiger partial charge in [0.2, 0.25) is 10.0 Å². The van der Waals surface area contributed by atoms with Gasteiger partial charge in [-0.2, -0.15) is 0 Å². The number of piperidine rings is 1. The monoisotopic (exact) mass is 638 g/mol. The summed E-state index contributed by atoms with van der Waals surface area (Å²) < 4.78 is 60.8. The van der Waals surface area contributed by atoms with Crippen molar-refractivity contribution in [3.05, 3.63) is 82.4 Å². The standard InChI is InChI=1S/C31H28F2N4O5S2/c1-34-29(38)27-22-14-21(18-5-4-12-37(16-18)31(39)30-35-23-11-10-20(33)13-26(23)43-30)24(36(2)44(3,40)41)15-25(22)42-28(27)17-6-8-19(32)9-7-17/h6-11,13-15,18H,4-5,12,16H2,1-3H3,(H,34,38)/t18-/m1/s1. The van der Waals surface area contributed by atoms with E-state index in [0.29, 0.717) is 51.8 Å². The maximum absolute atomic E-state index is 13.7. The van der Waals surface area contributed by atoms with Crippen LogP contribution in [-0.4, -0.2) is 63.6 Å². The van der Waals surface area contributed by atoms with Gasteiger partial charge in [-0.3, -0.25) is 13.9 Å². The summed E-state index contributed by atoms with van der Waals surface area (Å²) in [6.45, 7) is 0.750. The summed E-state index contributed by atoms with van der Waals surface area (Å²) in [4.78, 5) is 32.8. The number of thiazole rings is 1. The number of nitrogens with zero attached hydrogens (tertiary/aromatic N) is 3. The van der Waals surface area contributed by atoms with Gasteiger partial charge in [-0.05, 0) is 66.9 Å². The Labute approximate surface area is 256 Å². The van der Waals surface area contributed by atoms with Crippen molar-refractivity contribution < 1.29 is 31.2 Å². The minimum Gasteiger partial charge on any atom is -0.455 e. The van der Waals surface area contributed by atoms with Crippen molar-refractivity contribution in [2.24, 2.45) is 0 Å². The number of hydrogen-bond acceptors (Lipinski definition) is 7. The number of carbonyl (C=O) groups is 2. The summed E-state index contributed by atoms with van der Waals surface area (Å²) >= 11 is 1.12. The first kappa shape index (κ1) is 29.7. The van der Waals surface area contributed by atoms with E-state index in [9.17, 15) is 26.8 Å². The molecule has 0 spiro atoms. The minimum atomic E-state index is -3.71. The van der Waals surface area contributed by atoms with E-state index in [1.807, 2.05) is 0 Å². The number of aromatic nitrogens is 1. The maximum Gasteiger partial charge on any atom is 0.282 e. The summed E-state index contributed by atoms with van der Waals surface area (Å²) in [7, 11) is -0.778. The van der Waals surface area contributed by atoms with Gasteiger partial charge in [0.25, 0.3) is 11.8 Å². The highest BCUT2D eigenvalue weighted by molar-refractivity contribution is 7.92. The highest BCUT2D eigenvalue weighted by Gasteiger charge is 2.32. The van der Waals surface area contributed by atoms with Crippen molar-refractivity contribution in [3.63, 3.8) is 0 Å². The second-order valence-electron chi connectivity index (χ2n) is 10.8. The van der Waals surface area contributed by atoms with Crippen LogP contribution in [0.5, 0.6) is 0 Å².